The third-order valence-corrected chi connectivity index (χ3v) is 3.66. The lowest BCUT2D eigenvalue weighted by molar-refractivity contribution is 0.111. The Labute approximate surface area is 127 Å². The van der Waals surface area contributed by atoms with Crippen LogP contribution in [0, 0.1) is 11.8 Å². The van der Waals surface area contributed by atoms with Gasteiger partial charge in [-0.2, -0.15) is 0 Å². The summed E-state index contributed by atoms with van der Waals surface area (Å²) in [5.41, 5.74) is 0.628. The highest BCUT2D eigenvalue weighted by Crippen LogP contribution is 2.21. The van der Waals surface area contributed by atoms with Crippen molar-refractivity contribution in [2.24, 2.45) is 11.8 Å². The Balaban J connectivity index is 0.00000200. The molecule has 0 radical (unpaired) electrons. The number of halogens is 1. The fourth-order valence-electron chi connectivity index (χ4n) is 2.97. The van der Waals surface area contributed by atoms with Gasteiger partial charge in [0.1, 0.15) is 12.4 Å². The van der Waals surface area contributed by atoms with E-state index in [2.05, 4.69) is 18.7 Å². The van der Waals surface area contributed by atoms with Crippen LogP contribution < -0.4 is 4.74 Å². The molecule has 1 saturated heterocycles. The van der Waals surface area contributed by atoms with Gasteiger partial charge in [-0.3, -0.25) is 9.69 Å². The predicted molar refractivity (Wildman–Crippen MR) is 84.0 cm³/mol. The van der Waals surface area contributed by atoms with Gasteiger partial charge in [0.25, 0.3) is 0 Å². The van der Waals surface area contributed by atoms with Crippen LogP contribution in [0.25, 0.3) is 0 Å². The quantitative estimate of drug-likeness (QED) is 0.781. The van der Waals surface area contributed by atoms with Crippen molar-refractivity contribution >= 4 is 18.7 Å². The molecule has 0 amide bonds. The molecule has 0 spiro atoms. The molecular formula is C16H24ClNO2. The van der Waals surface area contributed by atoms with Crippen molar-refractivity contribution in [1.82, 2.24) is 4.90 Å². The van der Waals surface area contributed by atoms with E-state index in [0.717, 1.165) is 37.8 Å². The number of nitrogens with zero attached hydrogens (tertiary/aromatic N) is 1. The Morgan fingerprint density at radius 2 is 1.90 bits per heavy atom. The second-order valence-electron chi connectivity index (χ2n) is 5.71. The van der Waals surface area contributed by atoms with Gasteiger partial charge >= 0.3 is 0 Å². The van der Waals surface area contributed by atoms with Crippen LogP contribution in [0.4, 0.5) is 0 Å². The zero-order chi connectivity index (χ0) is 13.7. The molecule has 2 unspecified atom stereocenters. The first kappa shape index (κ1) is 17.0. The molecule has 1 aliphatic rings. The molecular weight excluding hydrogens is 274 g/mol. The van der Waals surface area contributed by atoms with Gasteiger partial charge in [-0.1, -0.05) is 26.0 Å². The maximum absolute atomic E-state index is 10.9. The highest BCUT2D eigenvalue weighted by Gasteiger charge is 2.21. The molecule has 1 fully saturated rings. The van der Waals surface area contributed by atoms with Crippen molar-refractivity contribution in [3.63, 3.8) is 0 Å². The monoisotopic (exact) mass is 297 g/mol. The highest BCUT2D eigenvalue weighted by atomic mass is 35.5. The molecule has 0 N–H and O–H groups in total. The third kappa shape index (κ3) is 4.80. The second-order valence-corrected chi connectivity index (χ2v) is 5.71. The lowest BCUT2D eigenvalue weighted by atomic mass is 9.92. The molecule has 2 atom stereocenters. The number of carbonyl (C=O) groups excluding carboxylic acids is 1. The van der Waals surface area contributed by atoms with Crippen LogP contribution in [-0.2, 0) is 0 Å². The summed E-state index contributed by atoms with van der Waals surface area (Å²) in [6.07, 6.45) is 2.17. The number of carbonyl (C=O) groups is 1. The van der Waals surface area contributed by atoms with E-state index in [1.807, 2.05) is 18.2 Å². The van der Waals surface area contributed by atoms with Crippen LogP contribution in [-0.4, -0.2) is 37.4 Å². The maximum atomic E-state index is 10.9. The van der Waals surface area contributed by atoms with E-state index in [4.69, 9.17) is 4.74 Å². The first-order valence-corrected chi connectivity index (χ1v) is 7.08. The Bertz CT molecular complexity index is 415. The number of ether oxygens (including phenoxy) is 1. The average molecular weight is 298 g/mol. The molecule has 4 heteroatoms. The summed E-state index contributed by atoms with van der Waals surface area (Å²) in [6, 6.07) is 7.39. The van der Waals surface area contributed by atoms with Crippen molar-refractivity contribution in [3.05, 3.63) is 29.8 Å². The van der Waals surface area contributed by atoms with E-state index in [1.165, 1.54) is 6.42 Å². The van der Waals surface area contributed by atoms with E-state index in [-0.39, 0.29) is 12.4 Å². The zero-order valence-corrected chi connectivity index (χ0v) is 13.1. The van der Waals surface area contributed by atoms with E-state index in [9.17, 15) is 4.79 Å². The molecule has 0 aromatic heterocycles. The number of para-hydroxylation sites is 1. The molecule has 0 saturated carbocycles. The van der Waals surface area contributed by atoms with Crippen LogP contribution in [0.1, 0.15) is 30.6 Å². The van der Waals surface area contributed by atoms with Crippen molar-refractivity contribution in [1.29, 1.82) is 0 Å². The standard InChI is InChI=1S/C16H23NO2.ClH/c1-13-9-14(2)11-17(10-13)7-8-19-16-6-4-3-5-15(16)12-18;/h3-6,12-14H,7-11H2,1-2H3;1H. The minimum atomic E-state index is 0. The summed E-state index contributed by atoms with van der Waals surface area (Å²) in [7, 11) is 0. The van der Waals surface area contributed by atoms with Crippen molar-refractivity contribution in [3.8, 4) is 5.75 Å². The Morgan fingerprint density at radius 3 is 2.55 bits per heavy atom. The van der Waals surface area contributed by atoms with Crippen LogP contribution in [0.5, 0.6) is 5.75 Å². The fraction of sp³-hybridized carbons (Fsp3) is 0.562. The van der Waals surface area contributed by atoms with E-state index in [1.54, 1.807) is 6.07 Å². The van der Waals surface area contributed by atoms with Crippen LogP contribution >= 0.6 is 12.4 Å². The number of benzene rings is 1. The summed E-state index contributed by atoms with van der Waals surface area (Å²) in [5, 5.41) is 0. The molecule has 0 bridgehead atoms. The van der Waals surface area contributed by atoms with Gasteiger partial charge < -0.3 is 4.74 Å². The smallest absolute Gasteiger partial charge is 0.153 e. The van der Waals surface area contributed by atoms with Crippen LogP contribution in [0.3, 0.4) is 0 Å². The van der Waals surface area contributed by atoms with Crippen molar-refractivity contribution < 1.29 is 9.53 Å². The Kier molecular flexibility index (Phi) is 7.03. The first-order chi connectivity index (χ1) is 9.19. The predicted octanol–water partition coefficient (Wildman–Crippen LogP) is 3.28. The topological polar surface area (TPSA) is 29.5 Å². The third-order valence-electron chi connectivity index (χ3n) is 3.66. The number of likely N-dealkylation sites (tertiary alicyclic amines) is 1. The van der Waals surface area contributed by atoms with Gasteiger partial charge in [0.15, 0.2) is 6.29 Å². The molecule has 0 aliphatic carbocycles. The van der Waals surface area contributed by atoms with Gasteiger partial charge in [-0.15, -0.1) is 12.4 Å². The molecule has 2 rings (SSSR count). The summed E-state index contributed by atoms with van der Waals surface area (Å²) < 4.78 is 5.73. The number of rotatable bonds is 5. The summed E-state index contributed by atoms with van der Waals surface area (Å²) in [5.74, 6) is 2.23. The number of aldehydes is 1. The van der Waals surface area contributed by atoms with Crippen molar-refractivity contribution in [2.45, 2.75) is 20.3 Å². The van der Waals surface area contributed by atoms with Gasteiger partial charge in [-0.05, 0) is 30.4 Å². The number of hydrogen-bond donors (Lipinski definition) is 0. The van der Waals surface area contributed by atoms with E-state index < -0.39 is 0 Å². The average Bonchev–Trinajstić information content (AvgIpc) is 2.38. The normalized spacial score (nSPS) is 22.9. The maximum Gasteiger partial charge on any atom is 0.153 e. The van der Waals surface area contributed by atoms with Gasteiger partial charge in [0, 0.05) is 19.6 Å². The zero-order valence-electron chi connectivity index (χ0n) is 12.2. The molecule has 3 nitrogen and oxygen atoms in total. The molecule has 1 aromatic carbocycles. The number of piperidine rings is 1. The minimum Gasteiger partial charge on any atom is -0.492 e. The lowest BCUT2D eigenvalue weighted by Crippen LogP contribution is -2.40. The number of hydrogen-bond acceptors (Lipinski definition) is 3. The van der Waals surface area contributed by atoms with E-state index in [0.29, 0.717) is 17.9 Å². The Morgan fingerprint density at radius 1 is 1.25 bits per heavy atom. The lowest BCUT2D eigenvalue weighted by Gasteiger charge is -2.34. The molecule has 1 heterocycles. The van der Waals surface area contributed by atoms with Crippen LogP contribution in [0.2, 0.25) is 0 Å². The first-order valence-electron chi connectivity index (χ1n) is 7.08. The second kappa shape index (κ2) is 8.28. The summed E-state index contributed by atoms with van der Waals surface area (Å²) in [6.45, 7) is 8.51. The van der Waals surface area contributed by atoms with Crippen LogP contribution in [0.15, 0.2) is 24.3 Å². The van der Waals surface area contributed by atoms with Crippen molar-refractivity contribution in [2.75, 3.05) is 26.2 Å². The summed E-state index contributed by atoms with van der Waals surface area (Å²) >= 11 is 0. The SMILES string of the molecule is CC1CC(C)CN(CCOc2ccccc2C=O)C1.Cl. The van der Waals surface area contributed by atoms with Gasteiger partial charge in [-0.25, -0.2) is 0 Å². The Hall–Kier alpha value is -1.06. The fourth-order valence-corrected chi connectivity index (χ4v) is 2.97. The molecule has 20 heavy (non-hydrogen) atoms. The van der Waals surface area contributed by atoms with Gasteiger partial charge in [0.05, 0.1) is 5.56 Å². The molecule has 1 aromatic rings. The highest BCUT2D eigenvalue weighted by molar-refractivity contribution is 5.85. The van der Waals surface area contributed by atoms with E-state index >= 15 is 0 Å². The minimum absolute atomic E-state index is 0. The molecule has 112 valence electrons. The summed E-state index contributed by atoms with van der Waals surface area (Å²) in [4.78, 5) is 13.3. The largest absolute Gasteiger partial charge is 0.492 e. The van der Waals surface area contributed by atoms with Gasteiger partial charge in [0.2, 0.25) is 0 Å². The molecule has 1 aliphatic heterocycles.